The summed E-state index contributed by atoms with van der Waals surface area (Å²) >= 11 is 0. The molecular weight excluding hydrogens is 228 g/mol. The molecule has 0 aromatic heterocycles. The van der Waals surface area contributed by atoms with Gasteiger partial charge in [-0.15, -0.1) is 0 Å². The number of halogens is 2. The maximum absolute atomic E-state index is 11.9. The first kappa shape index (κ1) is 12.6. The van der Waals surface area contributed by atoms with E-state index in [0.29, 0.717) is 0 Å². The maximum atomic E-state index is 11.9. The van der Waals surface area contributed by atoms with Gasteiger partial charge in [-0.3, -0.25) is 4.90 Å². The van der Waals surface area contributed by atoms with E-state index in [4.69, 9.17) is 5.11 Å². The van der Waals surface area contributed by atoms with E-state index >= 15 is 0 Å². The Balaban J connectivity index is 2.68. The van der Waals surface area contributed by atoms with Crippen molar-refractivity contribution in [3.63, 3.8) is 0 Å². The Morgan fingerprint density at radius 3 is 2.56 bits per heavy atom. The van der Waals surface area contributed by atoms with Crippen molar-refractivity contribution >= 4 is 12.1 Å². The van der Waals surface area contributed by atoms with Gasteiger partial charge in [0.1, 0.15) is 6.04 Å². The zero-order valence-corrected chi connectivity index (χ0v) is 8.43. The minimum atomic E-state index is -2.99. The number of carbonyl (C=O) groups is 2. The average Bonchev–Trinajstić information content (AvgIpc) is 2.59. The number of amides is 1. The van der Waals surface area contributed by atoms with Crippen LogP contribution in [0.5, 0.6) is 0 Å². The number of hydrogen-bond acceptors (Lipinski definition) is 4. The zero-order chi connectivity index (χ0) is 12.3. The largest absolute Gasteiger partial charge is 0.467 e. The Morgan fingerprint density at radius 2 is 2.12 bits per heavy atom. The predicted octanol–water partition coefficient (Wildman–Crippen LogP) is 0.519. The van der Waals surface area contributed by atoms with Crippen LogP contribution in [0.3, 0.4) is 0 Å². The topological polar surface area (TPSA) is 76.1 Å². The van der Waals surface area contributed by atoms with Crippen molar-refractivity contribution in [1.29, 1.82) is 0 Å². The van der Waals surface area contributed by atoms with Crippen molar-refractivity contribution in [1.82, 2.24) is 4.90 Å². The van der Waals surface area contributed by atoms with E-state index in [1.54, 1.807) is 0 Å². The number of rotatable bonds is 3. The number of methoxy groups -OCH3 is 1. The molecule has 1 aliphatic rings. The Morgan fingerprint density at radius 1 is 1.50 bits per heavy atom. The predicted molar refractivity (Wildman–Crippen MR) is 46.0 cm³/mol. The summed E-state index contributed by atoms with van der Waals surface area (Å²) in [5.41, 5.74) is 0. The van der Waals surface area contributed by atoms with Crippen LogP contribution in [0.1, 0.15) is 6.42 Å². The number of carbonyl (C=O) groups excluding carboxylic acids is 1. The molecule has 0 aromatic rings. The molecule has 2 unspecified atom stereocenters. The summed E-state index contributed by atoms with van der Waals surface area (Å²) in [7, 11) is 1.10. The third kappa shape index (κ3) is 2.78. The molecule has 1 heterocycles. The molecule has 1 fully saturated rings. The lowest BCUT2D eigenvalue weighted by Gasteiger charge is -2.18. The third-order valence-corrected chi connectivity index (χ3v) is 2.28. The van der Waals surface area contributed by atoms with Crippen molar-refractivity contribution in [2.75, 3.05) is 13.7 Å². The number of hydrogen-bond donors (Lipinski definition) is 1. The van der Waals surface area contributed by atoms with Gasteiger partial charge in [0.15, 0.2) is 0 Å². The number of carboxylic acid groups (broad SMARTS) is 1. The van der Waals surface area contributed by atoms with E-state index in [1.807, 2.05) is 0 Å². The highest BCUT2D eigenvalue weighted by Crippen LogP contribution is 2.23. The average molecular weight is 239 g/mol. The molecule has 16 heavy (non-hydrogen) atoms. The molecule has 2 atom stereocenters. The lowest BCUT2D eigenvalue weighted by Crippen LogP contribution is -2.40. The molecule has 1 aliphatic heterocycles. The van der Waals surface area contributed by atoms with Gasteiger partial charge in [-0.2, -0.15) is 8.78 Å². The van der Waals surface area contributed by atoms with Crippen LogP contribution in [0.2, 0.25) is 0 Å². The number of nitrogens with zero attached hydrogens (tertiary/aromatic N) is 1. The smallest absolute Gasteiger partial charge is 0.408 e. The summed E-state index contributed by atoms with van der Waals surface area (Å²) in [5, 5.41) is 8.76. The quantitative estimate of drug-likeness (QED) is 0.726. The highest BCUT2D eigenvalue weighted by Gasteiger charge is 2.41. The first-order valence-electron chi connectivity index (χ1n) is 4.46. The molecule has 0 saturated carbocycles. The van der Waals surface area contributed by atoms with Crippen LogP contribution in [-0.2, 0) is 14.3 Å². The number of likely N-dealkylation sites (tertiary alicyclic amines) is 1. The highest BCUT2D eigenvalue weighted by molar-refractivity contribution is 5.81. The lowest BCUT2D eigenvalue weighted by molar-refractivity contribution is -0.159. The first-order valence-corrected chi connectivity index (χ1v) is 4.46. The zero-order valence-electron chi connectivity index (χ0n) is 8.43. The van der Waals surface area contributed by atoms with E-state index in [-0.39, 0.29) is 13.0 Å². The fraction of sp³-hybridized carbons (Fsp3) is 0.750. The third-order valence-electron chi connectivity index (χ3n) is 2.28. The van der Waals surface area contributed by atoms with Crippen LogP contribution in [0.25, 0.3) is 0 Å². The van der Waals surface area contributed by atoms with Gasteiger partial charge in [0.05, 0.1) is 19.8 Å². The van der Waals surface area contributed by atoms with E-state index in [0.717, 1.165) is 12.0 Å². The van der Waals surface area contributed by atoms with Crippen LogP contribution >= 0.6 is 0 Å². The Kier molecular flexibility index (Phi) is 3.99. The first-order chi connectivity index (χ1) is 7.45. The van der Waals surface area contributed by atoms with Crippen LogP contribution in [0, 0.1) is 0 Å². The molecule has 6 nitrogen and oxygen atoms in total. The highest BCUT2D eigenvalue weighted by atomic mass is 19.3. The van der Waals surface area contributed by atoms with Crippen molar-refractivity contribution in [3.05, 3.63) is 0 Å². The van der Waals surface area contributed by atoms with Gasteiger partial charge < -0.3 is 14.6 Å². The minimum absolute atomic E-state index is 0.122. The van der Waals surface area contributed by atoms with Crippen molar-refractivity contribution in [2.24, 2.45) is 0 Å². The van der Waals surface area contributed by atoms with Gasteiger partial charge in [-0.25, -0.2) is 9.59 Å². The SMILES string of the molecule is COC(=O)C1CC(OC(F)F)CN1C(=O)O. The van der Waals surface area contributed by atoms with Gasteiger partial charge in [0.25, 0.3) is 0 Å². The monoisotopic (exact) mass is 239 g/mol. The molecule has 1 rings (SSSR count). The summed E-state index contributed by atoms with van der Waals surface area (Å²) < 4.78 is 32.4. The fourth-order valence-electron chi connectivity index (χ4n) is 1.61. The summed E-state index contributed by atoms with van der Waals surface area (Å²) in [6.45, 7) is -3.25. The van der Waals surface area contributed by atoms with Crippen LogP contribution in [-0.4, -0.2) is 54.5 Å². The second-order valence-electron chi connectivity index (χ2n) is 3.23. The van der Waals surface area contributed by atoms with Crippen LogP contribution in [0.15, 0.2) is 0 Å². The maximum Gasteiger partial charge on any atom is 0.408 e. The standard InChI is InChI=1S/C8H11F2NO5/c1-15-6(12)5-2-4(16-7(9)10)3-11(5)8(13)14/h4-5,7H,2-3H2,1H3,(H,13,14). The second-order valence-corrected chi connectivity index (χ2v) is 3.23. The molecule has 1 N–H and O–H groups in total. The van der Waals surface area contributed by atoms with Gasteiger partial charge in [0.2, 0.25) is 0 Å². The Hall–Kier alpha value is -1.44. The molecule has 0 bridgehead atoms. The summed E-state index contributed by atoms with van der Waals surface area (Å²) in [6.07, 6.45) is -2.47. The van der Waals surface area contributed by atoms with E-state index in [9.17, 15) is 18.4 Å². The van der Waals surface area contributed by atoms with Crippen molar-refractivity contribution in [3.8, 4) is 0 Å². The molecular formula is C8H11F2NO5. The van der Waals surface area contributed by atoms with Gasteiger partial charge >= 0.3 is 18.7 Å². The summed E-state index contributed by atoms with van der Waals surface area (Å²) in [6, 6.07) is -1.08. The van der Waals surface area contributed by atoms with E-state index in [1.165, 1.54) is 0 Å². The summed E-state index contributed by atoms with van der Waals surface area (Å²) in [5.74, 6) is -0.775. The van der Waals surface area contributed by atoms with Gasteiger partial charge in [0, 0.05) is 6.42 Å². The van der Waals surface area contributed by atoms with Crippen molar-refractivity contribution in [2.45, 2.75) is 25.2 Å². The number of ether oxygens (including phenoxy) is 2. The molecule has 0 aromatic carbocycles. The second kappa shape index (κ2) is 5.06. The van der Waals surface area contributed by atoms with Gasteiger partial charge in [-0.1, -0.05) is 0 Å². The molecule has 1 amide bonds. The van der Waals surface area contributed by atoms with E-state index in [2.05, 4.69) is 9.47 Å². The Bertz CT molecular complexity index is 286. The minimum Gasteiger partial charge on any atom is -0.467 e. The van der Waals surface area contributed by atoms with Crippen LogP contribution < -0.4 is 0 Å². The molecule has 0 spiro atoms. The van der Waals surface area contributed by atoms with Gasteiger partial charge in [-0.05, 0) is 0 Å². The van der Waals surface area contributed by atoms with Crippen LogP contribution in [0.4, 0.5) is 13.6 Å². The molecule has 0 aliphatic carbocycles. The molecule has 0 radical (unpaired) electrons. The van der Waals surface area contributed by atoms with E-state index < -0.39 is 30.8 Å². The molecule has 92 valence electrons. The number of alkyl halides is 2. The number of esters is 1. The fourth-order valence-corrected chi connectivity index (χ4v) is 1.61. The Labute approximate surface area is 89.7 Å². The summed E-state index contributed by atoms with van der Waals surface area (Å²) in [4.78, 5) is 22.7. The lowest BCUT2D eigenvalue weighted by atomic mass is 10.2. The normalized spacial score (nSPS) is 24.9. The molecule has 1 saturated heterocycles. The molecule has 8 heteroatoms. The van der Waals surface area contributed by atoms with Crippen molar-refractivity contribution < 1.29 is 33.0 Å².